The van der Waals surface area contributed by atoms with Gasteiger partial charge in [-0.3, -0.25) is 9.59 Å². The van der Waals surface area contributed by atoms with Gasteiger partial charge in [-0.25, -0.2) is 0 Å². The molecule has 0 aromatic rings. The van der Waals surface area contributed by atoms with Crippen LogP contribution in [0.3, 0.4) is 0 Å². The molecule has 0 aliphatic heterocycles. The summed E-state index contributed by atoms with van der Waals surface area (Å²) >= 11 is 0. The molecule has 0 saturated heterocycles. The monoisotopic (exact) mass is 270 g/mol. The van der Waals surface area contributed by atoms with Gasteiger partial charge in [-0.1, -0.05) is 26.7 Å². The van der Waals surface area contributed by atoms with E-state index in [4.69, 9.17) is 0 Å². The minimum atomic E-state index is -0.799. The molecule has 19 heavy (non-hydrogen) atoms. The van der Waals surface area contributed by atoms with Crippen molar-refractivity contribution in [2.24, 2.45) is 5.92 Å². The second-order valence-electron chi connectivity index (χ2n) is 5.87. The highest BCUT2D eigenvalue weighted by Crippen LogP contribution is 2.32. The van der Waals surface area contributed by atoms with Gasteiger partial charge in [-0.15, -0.1) is 0 Å². The predicted octanol–water partition coefficient (Wildman–Crippen LogP) is 0.912. The van der Waals surface area contributed by atoms with Crippen molar-refractivity contribution >= 4 is 11.8 Å². The van der Waals surface area contributed by atoms with E-state index in [1.165, 1.54) is 0 Å². The molecule has 1 rings (SSSR count). The Morgan fingerprint density at radius 1 is 1.32 bits per heavy atom. The third kappa shape index (κ3) is 5.19. The van der Waals surface area contributed by atoms with Crippen LogP contribution in [0.2, 0.25) is 0 Å². The van der Waals surface area contributed by atoms with Crippen LogP contribution in [-0.4, -0.2) is 47.6 Å². The van der Waals surface area contributed by atoms with Gasteiger partial charge in [0.1, 0.15) is 0 Å². The van der Waals surface area contributed by atoms with E-state index < -0.39 is 5.60 Å². The summed E-state index contributed by atoms with van der Waals surface area (Å²) < 4.78 is 0. The molecule has 5 heteroatoms. The molecule has 5 nitrogen and oxygen atoms in total. The van der Waals surface area contributed by atoms with Gasteiger partial charge in [0.15, 0.2) is 0 Å². The highest BCUT2D eigenvalue weighted by molar-refractivity contribution is 5.78. The largest absolute Gasteiger partial charge is 0.389 e. The van der Waals surface area contributed by atoms with Gasteiger partial charge < -0.3 is 15.3 Å². The van der Waals surface area contributed by atoms with Crippen LogP contribution in [0.15, 0.2) is 0 Å². The van der Waals surface area contributed by atoms with Gasteiger partial charge in [0.2, 0.25) is 11.8 Å². The van der Waals surface area contributed by atoms with E-state index in [2.05, 4.69) is 5.32 Å². The van der Waals surface area contributed by atoms with Gasteiger partial charge >= 0.3 is 0 Å². The molecule has 1 aliphatic rings. The molecule has 0 aromatic carbocycles. The first kappa shape index (κ1) is 16.0. The van der Waals surface area contributed by atoms with Crippen molar-refractivity contribution in [3.63, 3.8) is 0 Å². The topological polar surface area (TPSA) is 69.6 Å². The van der Waals surface area contributed by atoms with Crippen molar-refractivity contribution in [1.29, 1.82) is 0 Å². The van der Waals surface area contributed by atoms with Crippen molar-refractivity contribution in [3.8, 4) is 0 Å². The molecule has 0 heterocycles. The zero-order valence-corrected chi connectivity index (χ0v) is 12.2. The molecule has 0 spiro atoms. The fraction of sp³-hybridized carbons (Fsp3) is 0.857. The SMILES string of the molecule is CC(C)C(=O)NCCN(C)C(=O)CC1(O)CCCC1. The zero-order valence-electron chi connectivity index (χ0n) is 12.2. The number of aliphatic hydroxyl groups is 1. The zero-order chi connectivity index (χ0) is 14.5. The van der Waals surface area contributed by atoms with E-state index in [9.17, 15) is 14.7 Å². The summed E-state index contributed by atoms with van der Waals surface area (Å²) in [4.78, 5) is 24.9. The molecule has 0 unspecified atom stereocenters. The van der Waals surface area contributed by atoms with E-state index in [0.717, 1.165) is 25.7 Å². The lowest BCUT2D eigenvalue weighted by atomic mass is 9.97. The van der Waals surface area contributed by atoms with Crippen LogP contribution in [0.25, 0.3) is 0 Å². The maximum Gasteiger partial charge on any atom is 0.225 e. The van der Waals surface area contributed by atoms with E-state index >= 15 is 0 Å². The first-order valence-corrected chi connectivity index (χ1v) is 7.08. The fourth-order valence-electron chi connectivity index (χ4n) is 2.30. The number of nitrogens with zero attached hydrogens (tertiary/aromatic N) is 1. The molecule has 1 fully saturated rings. The van der Waals surface area contributed by atoms with Gasteiger partial charge in [0, 0.05) is 26.1 Å². The Balaban J connectivity index is 2.27. The number of amides is 2. The number of hydrogen-bond acceptors (Lipinski definition) is 3. The summed E-state index contributed by atoms with van der Waals surface area (Å²) in [5, 5.41) is 13.0. The molecule has 110 valence electrons. The fourth-order valence-corrected chi connectivity index (χ4v) is 2.30. The van der Waals surface area contributed by atoms with Crippen molar-refractivity contribution in [2.45, 2.75) is 51.6 Å². The van der Waals surface area contributed by atoms with Crippen LogP contribution in [0.4, 0.5) is 0 Å². The van der Waals surface area contributed by atoms with Crippen LogP contribution in [0, 0.1) is 5.92 Å². The van der Waals surface area contributed by atoms with Crippen LogP contribution >= 0.6 is 0 Å². The van der Waals surface area contributed by atoms with Gasteiger partial charge in [-0.2, -0.15) is 0 Å². The average Bonchev–Trinajstić information content (AvgIpc) is 2.75. The first-order valence-electron chi connectivity index (χ1n) is 7.08. The van der Waals surface area contributed by atoms with Crippen LogP contribution < -0.4 is 5.32 Å². The Morgan fingerprint density at radius 2 is 1.89 bits per heavy atom. The highest BCUT2D eigenvalue weighted by atomic mass is 16.3. The second kappa shape index (κ2) is 6.89. The number of nitrogens with one attached hydrogen (secondary N) is 1. The summed E-state index contributed by atoms with van der Waals surface area (Å²) in [5.74, 6) is -0.0985. The summed E-state index contributed by atoms with van der Waals surface area (Å²) in [6, 6.07) is 0. The quantitative estimate of drug-likeness (QED) is 0.754. The Bertz CT molecular complexity index is 323. The third-order valence-electron chi connectivity index (χ3n) is 3.71. The maximum atomic E-state index is 12.0. The number of carbonyl (C=O) groups is 2. The molecule has 0 bridgehead atoms. The smallest absolute Gasteiger partial charge is 0.225 e. The van der Waals surface area contributed by atoms with Gasteiger partial charge in [0.05, 0.1) is 12.0 Å². The Hall–Kier alpha value is -1.10. The number of carbonyl (C=O) groups excluding carboxylic acids is 2. The van der Waals surface area contributed by atoms with Gasteiger partial charge in [0.25, 0.3) is 0 Å². The first-order chi connectivity index (χ1) is 8.84. The van der Waals surface area contributed by atoms with E-state index in [1.807, 2.05) is 13.8 Å². The van der Waals surface area contributed by atoms with Crippen LogP contribution in [0.1, 0.15) is 46.0 Å². The minimum Gasteiger partial charge on any atom is -0.389 e. The Labute approximate surface area is 115 Å². The van der Waals surface area contributed by atoms with Crippen molar-refractivity contribution in [2.75, 3.05) is 20.1 Å². The summed E-state index contributed by atoms with van der Waals surface area (Å²) in [6.45, 7) is 4.60. The Kier molecular flexibility index (Phi) is 5.79. The molecule has 2 amide bonds. The molecular weight excluding hydrogens is 244 g/mol. The lowest BCUT2D eigenvalue weighted by molar-refractivity contribution is -0.135. The predicted molar refractivity (Wildman–Crippen MR) is 73.5 cm³/mol. The molecule has 1 saturated carbocycles. The van der Waals surface area contributed by atoms with Crippen molar-refractivity contribution in [1.82, 2.24) is 10.2 Å². The average molecular weight is 270 g/mol. The lowest BCUT2D eigenvalue weighted by Gasteiger charge is -2.25. The molecular formula is C14H26N2O3. The van der Waals surface area contributed by atoms with E-state index in [0.29, 0.717) is 13.1 Å². The molecule has 0 atom stereocenters. The Morgan fingerprint density at radius 3 is 2.42 bits per heavy atom. The van der Waals surface area contributed by atoms with Crippen LogP contribution in [-0.2, 0) is 9.59 Å². The highest BCUT2D eigenvalue weighted by Gasteiger charge is 2.34. The number of rotatable bonds is 6. The molecule has 0 radical (unpaired) electrons. The van der Waals surface area contributed by atoms with Gasteiger partial charge in [-0.05, 0) is 12.8 Å². The molecule has 1 aliphatic carbocycles. The summed E-state index contributed by atoms with van der Waals surface area (Å²) in [6.07, 6.45) is 3.63. The van der Waals surface area contributed by atoms with Crippen molar-refractivity contribution in [3.05, 3.63) is 0 Å². The number of likely N-dealkylation sites (N-methyl/N-ethyl adjacent to an activating group) is 1. The van der Waals surface area contributed by atoms with E-state index in [-0.39, 0.29) is 24.2 Å². The summed E-state index contributed by atoms with van der Waals surface area (Å²) in [5.41, 5.74) is -0.799. The van der Waals surface area contributed by atoms with Crippen molar-refractivity contribution < 1.29 is 14.7 Å². The van der Waals surface area contributed by atoms with Crippen LogP contribution in [0.5, 0.6) is 0 Å². The normalized spacial score (nSPS) is 17.5. The number of hydrogen-bond donors (Lipinski definition) is 2. The summed E-state index contributed by atoms with van der Waals surface area (Å²) in [7, 11) is 1.71. The lowest BCUT2D eigenvalue weighted by Crippen LogP contribution is -2.40. The second-order valence-corrected chi connectivity index (χ2v) is 5.87. The molecule has 2 N–H and O–H groups in total. The molecule has 0 aromatic heterocycles. The van der Waals surface area contributed by atoms with E-state index in [1.54, 1.807) is 11.9 Å². The maximum absolute atomic E-state index is 12.0. The minimum absolute atomic E-state index is 0.00438. The third-order valence-corrected chi connectivity index (χ3v) is 3.71. The standard InChI is InChI=1S/C14H26N2O3/c1-11(2)13(18)15-8-9-16(3)12(17)10-14(19)6-4-5-7-14/h11,19H,4-10H2,1-3H3,(H,15,18).